The molecule has 0 saturated heterocycles. The zero-order chi connectivity index (χ0) is 15.0. The van der Waals surface area contributed by atoms with E-state index in [1.54, 1.807) is 19.1 Å². The number of carboxylic acid groups (broad SMARTS) is 1. The molecule has 0 atom stereocenters. The predicted molar refractivity (Wildman–Crippen MR) is 83.6 cm³/mol. The first kappa shape index (κ1) is 15.5. The van der Waals surface area contributed by atoms with Gasteiger partial charge in [-0.2, -0.15) is 0 Å². The SMILES string of the molecule is Cc1cc(C(=O)O)cc(-c2c(Cl)c(Cl)cc(Cl)c2Cl)c1. The lowest BCUT2D eigenvalue weighted by atomic mass is 10.00. The molecule has 0 saturated carbocycles. The standard InChI is InChI=1S/C14H8Cl4O2/c1-6-2-7(4-8(3-6)14(19)20)11-12(17)9(15)5-10(16)13(11)18/h2-5H,1H3,(H,19,20). The average Bonchev–Trinajstić information content (AvgIpc) is 2.36. The molecule has 2 nitrogen and oxygen atoms in total. The van der Waals surface area contributed by atoms with Gasteiger partial charge in [0.1, 0.15) is 0 Å². The fourth-order valence-corrected chi connectivity index (χ4v) is 2.91. The summed E-state index contributed by atoms with van der Waals surface area (Å²) >= 11 is 24.3. The van der Waals surface area contributed by atoms with Crippen molar-refractivity contribution >= 4 is 52.4 Å². The van der Waals surface area contributed by atoms with E-state index in [0.717, 1.165) is 5.56 Å². The van der Waals surface area contributed by atoms with Gasteiger partial charge >= 0.3 is 5.97 Å². The van der Waals surface area contributed by atoms with Crippen LogP contribution in [0, 0.1) is 6.92 Å². The van der Waals surface area contributed by atoms with Gasteiger partial charge in [0.15, 0.2) is 0 Å². The van der Waals surface area contributed by atoms with E-state index in [0.29, 0.717) is 11.1 Å². The normalized spacial score (nSPS) is 10.7. The number of aromatic carboxylic acids is 1. The van der Waals surface area contributed by atoms with Crippen molar-refractivity contribution in [2.24, 2.45) is 0 Å². The molecule has 0 aliphatic rings. The summed E-state index contributed by atoms with van der Waals surface area (Å²) in [5.74, 6) is -1.03. The van der Waals surface area contributed by atoms with Crippen molar-refractivity contribution in [3.63, 3.8) is 0 Å². The second kappa shape index (κ2) is 5.82. The molecule has 6 heteroatoms. The molecule has 0 radical (unpaired) electrons. The Morgan fingerprint density at radius 1 is 0.950 bits per heavy atom. The molecular formula is C14H8Cl4O2. The fourth-order valence-electron chi connectivity index (χ4n) is 1.88. The molecule has 0 amide bonds. The Labute approximate surface area is 135 Å². The van der Waals surface area contributed by atoms with Crippen LogP contribution in [0.4, 0.5) is 0 Å². The van der Waals surface area contributed by atoms with Crippen molar-refractivity contribution in [1.82, 2.24) is 0 Å². The third kappa shape index (κ3) is 2.89. The largest absolute Gasteiger partial charge is 0.478 e. The highest BCUT2D eigenvalue weighted by Crippen LogP contribution is 2.43. The van der Waals surface area contributed by atoms with Crippen LogP contribution in [0.1, 0.15) is 15.9 Å². The van der Waals surface area contributed by atoms with E-state index in [1.807, 2.05) is 0 Å². The summed E-state index contributed by atoms with van der Waals surface area (Å²) in [5.41, 5.74) is 1.89. The lowest BCUT2D eigenvalue weighted by Crippen LogP contribution is -1.98. The number of halogens is 4. The zero-order valence-corrected chi connectivity index (χ0v) is 13.2. The number of benzene rings is 2. The molecule has 2 rings (SSSR count). The zero-order valence-electron chi connectivity index (χ0n) is 10.2. The highest BCUT2D eigenvalue weighted by Gasteiger charge is 2.17. The van der Waals surface area contributed by atoms with Gasteiger partial charge in [-0.15, -0.1) is 0 Å². The number of carboxylic acids is 1. The average molecular weight is 350 g/mol. The molecule has 0 fully saturated rings. The van der Waals surface area contributed by atoms with E-state index >= 15 is 0 Å². The molecule has 0 aliphatic heterocycles. The third-order valence-corrected chi connectivity index (χ3v) is 4.30. The number of carbonyl (C=O) groups is 1. The van der Waals surface area contributed by atoms with E-state index in [-0.39, 0.29) is 25.7 Å². The smallest absolute Gasteiger partial charge is 0.335 e. The molecule has 0 heterocycles. The molecule has 2 aromatic rings. The van der Waals surface area contributed by atoms with Crippen LogP contribution in [0.5, 0.6) is 0 Å². The fraction of sp³-hybridized carbons (Fsp3) is 0.0714. The Morgan fingerprint density at radius 3 is 2.00 bits per heavy atom. The highest BCUT2D eigenvalue weighted by molar-refractivity contribution is 6.50. The molecule has 2 aromatic carbocycles. The van der Waals surface area contributed by atoms with E-state index in [2.05, 4.69) is 0 Å². The number of hydrogen-bond acceptors (Lipinski definition) is 1. The lowest BCUT2D eigenvalue weighted by Gasteiger charge is -2.12. The minimum atomic E-state index is -1.03. The maximum Gasteiger partial charge on any atom is 0.335 e. The summed E-state index contributed by atoms with van der Waals surface area (Å²) in [5, 5.41) is 10.1. The molecule has 0 spiro atoms. The summed E-state index contributed by atoms with van der Waals surface area (Å²) < 4.78 is 0. The Kier molecular flexibility index (Phi) is 4.50. The van der Waals surface area contributed by atoms with Crippen LogP contribution in [-0.4, -0.2) is 11.1 Å². The van der Waals surface area contributed by atoms with Crippen molar-refractivity contribution in [3.8, 4) is 11.1 Å². The van der Waals surface area contributed by atoms with Gasteiger partial charge in [0.05, 0.1) is 25.7 Å². The second-order valence-corrected chi connectivity index (χ2v) is 5.81. The first-order chi connectivity index (χ1) is 9.31. The Bertz CT molecular complexity index is 685. The van der Waals surface area contributed by atoms with Gasteiger partial charge in [-0.25, -0.2) is 4.79 Å². The van der Waals surface area contributed by atoms with Crippen molar-refractivity contribution in [2.45, 2.75) is 6.92 Å². The lowest BCUT2D eigenvalue weighted by molar-refractivity contribution is 0.0697. The number of rotatable bonds is 2. The molecule has 0 aliphatic carbocycles. The van der Waals surface area contributed by atoms with Gasteiger partial charge in [-0.1, -0.05) is 52.5 Å². The van der Waals surface area contributed by atoms with Crippen LogP contribution in [0.25, 0.3) is 11.1 Å². The minimum Gasteiger partial charge on any atom is -0.478 e. The second-order valence-electron chi connectivity index (χ2n) is 4.24. The van der Waals surface area contributed by atoms with E-state index < -0.39 is 5.97 Å². The summed E-state index contributed by atoms with van der Waals surface area (Å²) in [6.07, 6.45) is 0. The molecule has 1 N–H and O–H groups in total. The maximum atomic E-state index is 11.1. The molecule has 104 valence electrons. The third-order valence-electron chi connectivity index (χ3n) is 2.72. The summed E-state index contributed by atoms with van der Waals surface area (Å²) in [6, 6.07) is 6.26. The Morgan fingerprint density at radius 2 is 1.50 bits per heavy atom. The summed E-state index contributed by atoms with van der Waals surface area (Å²) in [7, 11) is 0. The van der Waals surface area contributed by atoms with Crippen LogP contribution >= 0.6 is 46.4 Å². The van der Waals surface area contributed by atoms with Crippen LogP contribution in [0.15, 0.2) is 24.3 Å². The van der Waals surface area contributed by atoms with Gasteiger partial charge in [-0.05, 0) is 36.2 Å². The molecule has 0 bridgehead atoms. The Balaban J connectivity index is 2.78. The minimum absolute atomic E-state index is 0.142. The van der Waals surface area contributed by atoms with Crippen molar-refractivity contribution in [2.75, 3.05) is 0 Å². The van der Waals surface area contributed by atoms with Gasteiger partial charge in [0.2, 0.25) is 0 Å². The highest BCUT2D eigenvalue weighted by atomic mass is 35.5. The first-order valence-corrected chi connectivity index (χ1v) is 7.00. The van der Waals surface area contributed by atoms with Crippen LogP contribution < -0.4 is 0 Å². The quantitative estimate of drug-likeness (QED) is 0.677. The van der Waals surface area contributed by atoms with Gasteiger partial charge in [0, 0.05) is 5.56 Å². The summed E-state index contributed by atoms with van der Waals surface area (Å²) in [4.78, 5) is 11.1. The van der Waals surface area contributed by atoms with Gasteiger partial charge in [0.25, 0.3) is 0 Å². The topological polar surface area (TPSA) is 37.3 Å². The molecule has 0 aromatic heterocycles. The van der Waals surface area contributed by atoms with E-state index in [4.69, 9.17) is 51.5 Å². The van der Waals surface area contributed by atoms with E-state index in [1.165, 1.54) is 12.1 Å². The summed E-state index contributed by atoms with van der Waals surface area (Å²) in [6.45, 7) is 1.78. The first-order valence-electron chi connectivity index (χ1n) is 5.49. The van der Waals surface area contributed by atoms with E-state index in [9.17, 15) is 4.79 Å². The monoisotopic (exact) mass is 348 g/mol. The number of aryl methyl sites for hydroxylation is 1. The Hall–Kier alpha value is -0.930. The van der Waals surface area contributed by atoms with Crippen LogP contribution in [-0.2, 0) is 0 Å². The predicted octanol–water partition coefficient (Wildman–Crippen LogP) is 5.97. The maximum absolute atomic E-state index is 11.1. The van der Waals surface area contributed by atoms with Crippen molar-refractivity contribution < 1.29 is 9.90 Å². The number of hydrogen-bond donors (Lipinski definition) is 1. The van der Waals surface area contributed by atoms with Crippen LogP contribution in [0.2, 0.25) is 20.1 Å². The molecule has 20 heavy (non-hydrogen) atoms. The molecule has 0 unspecified atom stereocenters. The van der Waals surface area contributed by atoms with Crippen molar-refractivity contribution in [3.05, 3.63) is 55.5 Å². The van der Waals surface area contributed by atoms with Gasteiger partial charge < -0.3 is 5.11 Å². The van der Waals surface area contributed by atoms with Crippen molar-refractivity contribution in [1.29, 1.82) is 0 Å². The molecular weight excluding hydrogens is 342 g/mol. The van der Waals surface area contributed by atoms with Gasteiger partial charge in [-0.3, -0.25) is 0 Å². The van der Waals surface area contributed by atoms with Crippen LogP contribution in [0.3, 0.4) is 0 Å².